The first-order valence-electron chi connectivity index (χ1n) is 7.24. The molecule has 1 fully saturated rings. The Morgan fingerprint density at radius 1 is 1.52 bits per heavy atom. The largest absolute Gasteiger partial charge is 0.507 e. The molecule has 1 amide bonds. The van der Waals surface area contributed by atoms with Crippen molar-refractivity contribution in [3.63, 3.8) is 0 Å². The monoisotopic (exact) mass is 292 g/mol. The number of carbonyl (C=O) groups is 1. The van der Waals surface area contributed by atoms with Crippen LogP contribution in [0.25, 0.3) is 0 Å². The molecular formula is C16H24N2O3. The van der Waals surface area contributed by atoms with E-state index in [1.807, 2.05) is 19.1 Å². The van der Waals surface area contributed by atoms with Crippen LogP contribution in [-0.2, 0) is 4.79 Å². The zero-order valence-corrected chi connectivity index (χ0v) is 13.1. The number of nitrogens with one attached hydrogen (secondary N) is 1. The van der Waals surface area contributed by atoms with E-state index in [1.165, 1.54) is 0 Å². The summed E-state index contributed by atoms with van der Waals surface area (Å²) in [7, 11) is 3.25. The Kier molecular flexibility index (Phi) is 4.42. The van der Waals surface area contributed by atoms with Crippen molar-refractivity contribution in [3.05, 3.63) is 23.8 Å². The van der Waals surface area contributed by atoms with Crippen molar-refractivity contribution in [3.8, 4) is 11.5 Å². The Morgan fingerprint density at radius 3 is 2.81 bits per heavy atom. The maximum absolute atomic E-state index is 12.0. The minimum atomic E-state index is -0.356. The smallest absolute Gasteiger partial charge is 0.227 e. The Morgan fingerprint density at radius 2 is 2.24 bits per heavy atom. The Labute approximate surface area is 125 Å². The average molecular weight is 292 g/mol. The molecular weight excluding hydrogens is 268 g/mol. The number of amides is 1. The first-order valence-corrected chi connectivity index (χ1v) is 7.24. The summed E-state index contributed by atoms with van der Waals surface area (Å²) in [4.78, 5) is 14.2. The zero-order chi connectivity index (χ0) is 15.6. The van der Waals surface area contributed by atoms with Crippen LogP contribution in [0.3, 0.4) is 0 Å². The van der Waals surface area contributed by atoms with Crippen LogP contribution in [0.5, 0.6) is 11.5 Å². The number of hydrogen-bond acceptors (Lipinski definition) is 4. The lowest BCUT2D eigenvalue weighted by Crippen LogP contribution is -2.39. The zero-order valence-electron chi connectivity index (χ0n) is 13.1. The Hall–Kier alpha value is -1.75. The number of carbonyl (C=O) groups excluding carboxylic acids is 1. The number of methoxy groups -OCH3 is 1. The van der Waals surface area contributed by atoms with Crippen LogP contribution in [0.4, 0.5) is 0 Å². The average Bonchev–Trinajstić information content (AvgIpc) is 2.89. The number of phenols is 1. The molecule has 0 aromatic heterocycles. The van der Waals surface area contributed by atoms with Crippen molar-refractivity contribution in [1.29, 1.82) is 0 Å². The third-order valence-corrected chi connectivity index (χ3v) is 4.51. The van der Waals surface area contributed by atoms with Crippen LogP contribution in [0, 0.1) is 5.41 Å². The fourth-order valence-electron chi connectivity index (χ4n) is 3.01. The van der Waals surface area contributed by atoms with Gasteiger partial charge in [-0.15, -0.1) is 0 Å². The molecule has 116 valence electrons. The summed E-state index contributed by atoms with van der Waals surface area (Å²) in [6.07, 6.45) is 0.827. The van der Waals surface area contributed by atoms with E-state index >= 15 is 0 Å². The van der Waals surface area contributed by atoms with E-state index in [0.29, 0.717) is 12.3 Å². The number of rotatable bonds is 4. The number of aromatic hydroxyl groups is 1. The predicted octanol–water partition coefficient (Wildman–Crippen LogP) is 1.92. The van der Waals surface area contributed by atoms with Crippen molar-refractivity contribution in [1.82, 2.24) is 10.2 Å². The molecule has 1 heterocycles. The van der Waals surface area contributed by atoms with Gasteiger partial charge in [-0.2, -0.15) is 0 Å². The fraction of sp³-hybridized carbons (Fsp3) is 0.562. The molecule has 0 aliphatic carbocycles. The molecule has 2 N–H and O–H groups in total. The van der Waals surface area contributed by atoms with Gasteiger partial charge in [0.2, 0.25) is 5.91 Å². The van der Waals surface area contributed by atoms with Crippen LogP contribution in [0.15, 0.2) is 18.2 Å². The number of likely N-dealkylation sites (tertiary alicyclic amines) is 1. The van der Waals surface area contributed by atoms with E-state index in [0.717, 1.165) is 18.5 Å². The molecule has 1 aromatic carbocycles. The molecule has 2 unspecified atom stereocenters. The highest BCUT2D eigenvalue weighted by Gasteiger charge is 2.41. The summed E-state index contributed by atoms with van der Waals surface area (Å²) >= 11 is 0. The molecule has 2 rings (SSSR count). The highest BCUT2D eigenvalue weighted by atomic mass is 16.5. The molecule has 5 nitrogen and oxygen atoms in total. The van der Waals surface area contributed by atoms with Gasteiger partial charge in [-0.25, -0.2) is 0 Å². The second-order valence-electron chi connectivity index (χ2n) is 5.96. The van der Waals surface area contributed by atoms with Crippen LogP contribution >= 0.6 is 0 Å². The van der Waals surface area contributed by atoms with E-state index < -0.39 is 0 Å². The topological polar surface area (TPSA) is 61.8 Å². The molecule has 21 heavy (non-hydrogen) atoms. The van der Waals surface area contributed by atoms with Crippen molar-refractivity contribution in [2.75, 3.05) is 27.2 Å². The van der Waals surface area contributed by atoms with E-state index in [9.17, 15) is 9.90 Å². The van der Waals surface area contributed by atoms with Gasteiger partial charge < -0.3 is 15.2 Å². The first kappa shape index (κ1) is 15.6. The number of ether oxygens (including phenoxy) is 1. The fourth-order valence-corrected chi connectivity index (χ4v) is 3.01. The number of hydrogen-bond donors (Lipinski definition) is 2. The molecule has 0 spiro atoms. The summed E-state index contributed by atoms with van der Waals surface area (Å²) in [6, 6.07) is 5.41. The van der Waals surface area contributed by atoms with Crippen molar-refractivity contribution in [2.24, 2.45) is 5.41 Å². The van der Waals surface area contributed by atoms with E-state index in [1.54, 1.807) is 20.2 Å². The van der Waals surface area contributed by atoms with Crippen LogP contribution in [0.1, 0.15) is 31.9 Å². The van der Waals surface area contributed by atoms with Crippen LogP contribution in [0.2, 0.25) is 0 Å². The van der Waals surface area contributed by atoms with Crippen LogP contribution in [-0.4, -0.2) is 43.2 Å². The summed E-state index contributed by atoms with van der Waals surface area (Å²) in [5.41, 5.74) is 0.502. The summed E-state index contributed by atoms with van der Waals surface area (Å²) in [5, 5.41) is 12.9. The molecule has 2 atom stereocenters. The van der Waals surface area contributed by atoms with Gasteiger partial charge in [-0.05, 0) is 32.9 Å². The molecule has 1 aliphatic rings. The molecule has 1 aliphatic heterocycles. The number of nitrogens with zero attached hydrogens (tertiary/aromatic N) is 1. The summed E-state index contributed by atoms with van der Waals surface area (Å²) in [6.45, 7) is 5.58. The van der Waals surface area contributed by atoms with Gasteiger partial charge in [0.15, 0.2) is 0 Å². The van der Waals surface area contributed by atoms with E-state index in [-0.39, 0.29) is 23.1 Å². The molecule has 0 radical (unpaired) electrons. The van der Waals surface area contributed by atoms with Crippen molar-refractivity contribution < 1.29 is 14.6 Å². The van der Waals surface area contributed by atoms with Gasteiger partial charge in [-0.3, -0.25) is 9.69 Å². The minimum Gasteiger partial charge on any atom is -0.507 e. The molecule has 0 saturated carbocycles. The van der Waals surface area contributed by atoms with Gasteiger partial charge in [0, 0.05) is 31.3 Å². The minimum absolute atomic E-state index is 0.0578. The first-order chi connectivity index (χ1) is 9.91. The standard InChI is InChI=1S/C16H24N2O3/c1-11(13-6-5-12(21-4)9-14(13)19)18-8-7-16(2,10-18)15(20)17-3/h5-6,9,11,19H,7-8,10H2,1-4H3,(H,17,20). The second-order valence-corrected chi connectivity index (χ2v) is 5.96. The molecule has 1 saturated heterocycles. The third-order valence-electron chi connectivity index (χ3n) is 4.51. The lowest BCUT2D eigenvalue weighted by Gasteiger charge is -2.28. The normalized spacial score (nSPS) is 23.8. The number of benzene rings is 1. The summed E-state index contributed by atoms with van der Waals surface area (Å²) < 4.78 is 5.11. The third kappa shape index (κ3) is 2.97. The van der Waals surface area contributed by atoms with Gasteiger partial charge in [0.25, 0.3) is 0 Å². The molecule has 1 aromatic rings. The van der Waals surface area contributed by atoms with E-state index in [2.05, 4.69) is 17.1 Å². The van der Waals surface area contributed by atoms with Crippen molar-refractivity contribution in [2.45, 2.75) is 26.3 Å². The highest BCUT2D eigenvalue weighted by Crippen LogP contribution is 2.38. The second kappa shape index (κ2) is 5.93. The van der Waals surface area contributed by atoms with E-state index in [4.69, 9.17) is 4.74 Å². The highest BCUT2D eigenvalue weighted by molar-refractivity contribution is 5.82. The van der Waals surface area contributed by atoms with Gasteiger partial charge in [0.05, 0.1) is 12.5 Å². The quantitative estimate of drug-likeness (QED) is 0.890. The van der Waals surface area contributed by atoms with Crippen LogP contribution < -0.4 is 10.1 Å². The van der Waals surface area contributed by atoms with Gasteiger partial charge in [-0.1, -0.05) is 6.07 Å². The predicted molar refractivity (Wildman–Crippen MR) is 81.4 cm³/mol. The lowest BCUT2D eigenvalue weighted by atomic mass is 9.89. The van der Waals surface area contributed by atoms with Gasteiger partial charge >= 0.3 is 0 Å². The van der Waals surface area contributed by atoms with Gasteiger partial charge in [0.1, 0.15) is 11.5 Å². The Bertz CT molecular complexity index is 532. The Balaban J connectivity index is 2.15. The summed E-state index contributed by atoms with van der Waals surface area (Å²) in [5.74, 6) is 0.951. The lowest BCUT2D eigenvalue weighted by molar-refractivity contribution is -0.129. The molecule has 5 heteroatoms. The maximum Gasteiger partial charge on any atom is 0.227 e. The maximum atomic E-state index is 12.0. The van der Waals surface area contributed by atoms with Crippen molar-refractivity contribution >= 4 is 5.91 Å². The molecule has 0 bridgehead atoms. The SMILES string of the molecule is CNC(=O)C1(C)CCN(C(C)c2ccc(OC)cc2O)C1. The number of phenolic OH excluding ortho intramolecular Hbond substituents is 1.